The van der Waals surface area contributed by atoms with Gasteiger partial charge in [-0.25, -0.2) is 13.1 Å². The monoisotopic (exact) mass is 337 g/mol. The first kappa shape index (κ1) is 18.3. The lowest BCUT2D eigenvalue weighted by Crippen LogP contribution is -2.46. The minimum absolute atomic E-state index is 0.0595. The normalized spacial score (nSPS) is 17.6. The lowest BCUT2D eigenvalue weighted by molar-refractivity contribution is -0.140. The molecule has 0 spiro atoms. The largest absolute Gasteiger partial charge is 0.469 e. The van der Waals surface area contributed by atoms with Gasteiger partial charge in [0.1, 0.15) is 0 Å². The Bertz CT molecular complexity index is 459. The molecule has 1 heterocycles. The predicted molar refractivity (Wildman–Crippen MR) is 84.4 cm³/mol. The van der Waals surface area contributed by atoms with E-state index in [0.29, 0.717) is 11.5 Å². The predicted octanol–water partition coefficient (Wildman–Crippen LogP) is -0.390. The summed E-state index contributed by atoms with van der Waals surface area (Å²) in [6.45, 7) is 2.12. The number of piperidine rings is 1. The second-order valence-corrected chi connectivity index (χ2v) is 7.53. The van der Waals surface area contributed by atoms with E-state index in [9.17, 15) is 13.2 Å². The third-order valence-electron chi connectivity index (χ3n) is 3.33. The standard InChI is InChI=1S/C12H23N3O4S2/c1-19-12(16)3-2-8-21(17,18)14-10-4-6-15(7-5-10)9-11(13)20/h10,14H,2-9H2,1H3,(H2,13,20). The number of nitrogens with two attached hydrogens (primary N) is 1. The van der Waals surface area contributed by atoms with E-state index in [-0.39, 0.29) is 24.6 Å². The number of esters is 1. The quantitative estimate of drug-likeness (QED) is 0.459. The van der Waals surface area contributed by atoms with Gasteiger partial charge in [-0.2, -0.15) is 0 Å². The van der Waals surface area contributed by atoms with Gasteiger partial charge in [0, 0.05) is 32.1 Å². The molecule has 1 saturated heterocycles. The van der Waals surface area contributed by atoms with Crippen LogP contribution >= 0.6 is 12.2 Å². The van der Waals surface area contributed by atoms with Crippen LogP contribution in [0.25, 0.3) is 0 Å². The molecule has 122 valence electrons. The molecule has 1 fully saturated rings. The molecule has 7 nitrogen and oxygen atoms in total. The van der Waals surface area contributed by atoms with E-state index in [1.807, 2.05) is 0 Å². The van der Waals surface area contributed by atoms with E-state index >= 15 is 0 Å². The van der Waals surface area contributed by atoms with E-state index in [4.69, 9.17) is 18.0 Å². The molecule has 21 heavy (non-hydrogen) atoms. The number of nitrogens with zero attached hydrogens (tertiary/aromatic N) is 1. The Balaban J connectivity index is 2.30. The van der Waals surface area contributed by atoms with Crippen molar-refractivity contribution in [2.24, 2.45) is 5.73 Å². The molecule has 9 heteroatoms. The highest BCUT2D eigenvalue weighted by Gasteiger charge is 2.23. The number of carbonyl (C=O) groups is 1. The fraction of sp³-hybridized carbons (Fsp3) is 0.833. The Hall–Kier alpha value is -0.770. The first-order valence-corrected chi connectivity index (χ1v) is 8.96. The van der Waals surface area contributed by atoms with Gasteiger partial charge in [-0.05, 0) is 19.3 Å². The van der Waals surface area contributed by atoms with Crippen molar-refractivity contribution in [1.29, 1.82) is 0 Å². The number of sulfonamides is 1. The van der Waals surface area contributed by atoms with E-state index < -0.39 is 16.0 Å². The fourth-order valence-electron chi connectivity index (χ4n) is 2.25. The van der Waals surface area contributed by atoms with Crippen LogP contribution in [0.3, 0.4) is 0 Å². The van der Waals surface area contributed by atoms with Gasteiger partial charge < -0.3 is 10.5 Å². The number of carbonyl (C=O) groups excluding carboxylic acids is 1. The minimum atomic E-state index is -3.35. The van der Waals surface area contributed by atoms with E-state index in [0.717, 1.165) is 25.9 Å². The molecule has 0 radical (unpaired) electrons. The van der Waals surface area contributed by atoms with Crippen molar-refractivity contribution in [3.05, 3.63) is 0 Å². The van der Waals surface area contributed by atoms with Crippen LogP contribution in [-0.2, 0) is 19.6 Å². The average molecular weight is 337 g/mol. The summed E-state index contributed by atoms with van der Waals surface area (Å²) in [5, 5.41) is 0. The lowest BCUT2D eigenvalue weighted by atomic mass is 10.1. The summed E-state index contributed by atoms with van der Waals surface area (Å²) in [6, 6.07) is -0.0595. The fourth-order valence-corrected chi connectivity index (χ4v) is 3.82. The van der Waals surface area contributed by atoms with Crippen LogP contribution in [-0.4, -0.2) is 62.8 Å². The molecular weight excluding hydrogens is 314 g/mol. The zero-order chi connectivity index (χ0) is 15.9. The van der Waals surface area contributed by atoms with E-state index in [1.165, 1.54) is 7.11 Å². The van der Waals surface area contributed by atoms with Crippen molar-refractivity contribution in [3.63, 3.8) is 0 Å². The Morgan fingerprint density at radius 3 is 2.57 bits per heavy atom. The summed E-state index contributed by atoms with van der Waals surface area (Å²) in [5.41, 5.74) is 5.49. The Morgan fingerprint density at radius 2 is 2.05 bits per heavy atom. The number of methoxy groups -OCH3 is 1. The summed E-state index contributed by atoms with van der Waals surface area (Å²) >= 11 is 4.86. The number of rotatable bonds is 8. The van der Waals surface area contributed by atoms with Gasteiger partial charge in [0.15, 0.2) is 0 Å². The SMILES string of the molecule is COC(=O)CCCS(=O)(=O)NC1CCN(CC(N)=S)CC1. The van der Waals surface area contributed by atoms with Crippen molar-refractivity contribution >= 4 is 33.2 Å². The summed E-state index contributed by atoms with van der Waals surface area (Å²) in [7, 11) is -2.06. The maximum atomic E-state index is 11.9. The van der Waals surface area contributed by atoms with Crippen LogP contribution in [0.4, 0.5) is 0 Å². The second-order valence-electron chi connectivity index (χ2n) is 5.13. The molecule has 1 rings (SSSR count). The summed E-state index contributed by atoms with van der Waals surface area (Å²) in [6.07, 6.45) is 1.85. The topological polar surface area (TPSA) is 102 Å². The highest BCUT2D eigenvalue weighted by atomic mass is 32.2. The van der Waals surface area contributed by atoms with Gasteiger partial charge in [-0.3, -0.25) is 9.69 Å². The third-order valence-corrected chi connectivity index (χ3v) is 4.98. The summed E-state index contributed by atoms with van der Waals surface area (Å²) < 4.78 is 31.0. The number of ether oxygens (including phenoxy) is 1. The molecule has 0 bridgehead atoms. The molecule has 0 aromatic heterocycles. The molecule has 0 saturated carbocycles. The molecule has 1 aliphatic rings. The van der Waals surface area contributed by atoms with Crippen molar-refractivity contribution < 1.29 is 17.9 Å². The van der Waals surface area contributed by atoms with Crippen LogP contribution in [0.1, 0.15) is 25.7 Å². The molecule has 0 aromatic rings. The minimum Gasteiger partial charge on any atom is -0.469 e. The third kappa shape index (κ3) is 7.70. The highest BCUT2D eigenvalue weighted by molar-refractivity contribution is 7.89. The zero-order valence-corrected chi connectivity index (χ0v) is 13.8. The molecule has 0 aliphatic carbocycles. The molecule has 0 unspecified atom stereocenters. The Labute approximate surface area is 131 Å². The van der Waals surface area contributed by atoms with Gasteiger partial charge in [0.05, 0.1) is 17.9 Å². The van der Waals surface area contributed by atoms with Crippen LogP contribution in [0.15, 0.2) is 0 Å². The smallest absolute Gasteiger partial charge is 0.305 e. The van der Waals surface area contributed by atoms with Gasteiger partial charge in [0.25, 0.3) is 0 Å². The summed E-state index contributed by atoms with van der Waals surface area (Å²) in [4.78, 5) is 13.5. The van der Waals surface area contributed by atoms with E-state index in [2.05, 4.69) is 14.4 Å². The van der Waals surface area contributed by atoms with Crippen LogP contribution < -0.4 is 10.5 Å². The van der Waals surface area contributed by atoms with Crippen LogP contribution in [0.2, 0.25) is 0 Å². The summed E-state index contributed by atoms with van der Waals surface area (Å²) in [5.74, 6) is -0.453. The van der Waals surface area contributed by atoms with Crippen molar-refractivity contribution in [2.45, 2.75) is 31.7 Å². The second kappa shape index (κ2) is 8.62. The number of hydrogen-bond donors (Lipinski definition) is 2. The Kier molecular flexibility index (Phi) is 7.50. The maximum Gasteiger partial charge on any atom is 0.305 e. The first-order valence-electron chi connectivity index (χ1n) is 6.90. The lowest BCUT2D eigenvalue weighted by Gasteiger charge is -2.31. The number of likely N-dealkylation sites (tertiary alicyclic amines) is 1. The van der Waals surface area contributed by atoms with Crippen LogP contribution in [0.5, 0.6) is 0 Å². The van der Waals surface area contributed by atoms with Crippen molar-refractivity contribution in [3.8, 4) is 0 Å². The Morgan fingerprint density at radius 1 is 1.43 bits per heavy atom. The highest BCUT2D eigenvalue weighted by Crippen LogP contribution is 2.11. The maximum absolute atomic E-state index is 11.9. The molecule has 0 atom stereocenters. The average Bonchev–Trinajstić information content (AvgIpc) is 2.39. The molecular formula is C12H23N3O4S2. The van der Waals surface area contributed by atoms with Gasteiger partial charge >= 0.3 is 5.97 Å². The number of thiocarbonyl (C=S) groups is 1. The van der Waals surface area contributed by atoms with Gasteiger partial charge in [0.2, 0.25) is 10.0 Å². The van der Waals surface area contributed by atoms with Crippen molar-refractivity contribution in [2.75, 3.05) is 32.5 Å². The van der Waals surface area contributed by atoms with Crippen molar-refractivity contribution in [1.82, 2.24) is 9.62 Å². The van der Waals surface area contributed by atoms with Gasteiger partial charge in [-0.15, -0.1) is 0 Å². The van der Waals surface area contributed by atoms with Gasteiger partial charge in [-0.1, -0.05) is 12.2 Å². The molecule has 0 aromatic carbocycles. The first-order chi connectivity index (χ1) is 9.82. The number of hydrogen-bond acceptors (Lipinski definition) is 6. The number of nitrogens with one attached hydrogen (secondary N) is 1. The van der Waals surface area contributed by atoms with Crippen LogP contribution in [0, 0.1) is 0 Å². The molecule has 0 amide bonds. The molecule has 1 aliphatic heterocycles. The zero-order valence-electron chi connectivity index (χ0n) is 12.2. The molecule has 3 N–H and O–H groups in total. The van der Waals surface area contributed by atoms with E-state index in [1.54, 1.807) is 0 Å².